The number of aromatic nitrogens is 4. The van der Waals surface area contributed by atoms with Crippen LogP contribution in [0.3, 0.4) is 0 Å². The van der Waals surface area contributed by atoms with Gasteiger partial charge >= 0.3 is 0 Å². The van der Waals surface area contributed by atoms with Crippen LogP contribution >= 0.6 is 0 Å². The predicted octanol–water partition coefficient (Wildman–Crippen LogP) is 1.57. The molecule has 1 aliphatic rings. The van der Waals surface area contributed by atoms with Crippen molar-refractivity contribution >= 4 is 12.1 Å². The van der Waals surface area contributed by atoms with Gasteiger partial charge in [0.15, 0.2) is 11.6 Å². The summed E-state index contributed by atoms with van der Waals surface area (Å²) < 4.78 is 1.62. The minimum atomic E-state index is -0.155. The number of carbonyl (C=O) groups is 1. The highest BCUT2D eigenvalue weighted by molar-refractivity contribution is 5.57. The molecule has 0 saturated carbocycles. The van der Waals surface area contributed by atoms with E-state index in [9.17, 15) is 9.59 Å². The van der Waals surface area contributed by atoms with E-state index in [0.717, 1.165) is 49.4 Å². The Kier molecular flexibility index (Phi) is 5.94. The number of rotatable bonds is 6. The Labute approximate surface area is 174 Å². The molecule has 3 heterocycles. The first-order valence-corrected chi connectivity index (χ1v) is 10.0. The van der Waals surface area contributed by atoms with Crippen molar-refractivity contribution in [2.75, 3.05) is 38.1 Å². The molecule has 1 saturated heterocycles. The summed E-state index contributed by atoms with van der Waals surface area (Å²) in [6, 6.07) is 9.33. The molecule has 0 atom stereocenters. The van der Waals surface area contributed by atoms with Gasteiger partial charge in [-0.05, 0) is 43.8 Å². The predicted molar refractivity (Wildman–Crippen MR) is 115 cm³/mol. The van der Waals surface area contributed by atoms with Gasteiger partial charge in [-0.3, -0.25) is 9.36 Å². The largest absolute Gasteiger partial charge is 0.349 e. The van der Waals surface area contributed by atoms with Crippen LogP contribution in [0.15, 0.2) is 53.7 Å². The number of hydrogen-bond donors (Lipinski definition) is 0. The van der Waals surface area contributed by atoms with Gasteiger partial charge in [-0.25, -0.2) is 15.0 Å². The van der Waals surface area contributed by atoms with E-state index in [-0.39, 0.29) is 5.56 Å². The lowest BCUT2D eigenvalue weighted by Crippen LogP contribution is -2.47. The van der Waals surface area contributed by atoms with Crippen molar-refractivity contribution in [1.29, 1.82) is 0 Å². The highest BCUT2D eigenvalue weighted by atomic mass is 16.1. The number of aldehydes is 1. The highest BCUT2D eigenvalue weighted by Gasteiger charge is 2.20. The lowest BCUT2D eigenvalue weighted by molar-refractivity contribution is -0.107. The van der Waals surface area contributed by atoms with Gasteiger partial charge < -0.3 is 14.6 Å². The molecule has 154 valence electrons. The molecular weight excluding hydrogens is 380 g/mol. The molecule has 30 heavy (non-hydrogen) atoms. The molecule has 8 nitrogen and oxygen atoms in total. The molecule has 0 aliphatic carbocycles. The van der Waals surface area contributed by atoms with Gasteiger partial charge in [0.1, 0.15) is 6.29 Å². The lowest BCUT2D eigenvalue weighted by Gasteiger charge is -2.33. The van der Waals surface area contributed by atoms with Gasteiger partial charge in [0.05, 0.1) is 5.69 Å². The topological polar surface area (TPSA) is 84.2 Å². The first kappa shape index (κ1) is 19.9. The number of likely N-dealkylation sites (N-methyl/N-ethyl adjacent to an activating group) is 1. The van der Waals surface area contributed by atoms with Crippen LogP contribution in [-0.4, -0.2) is 63.9 Å². The number of hydrogen-bond acceptors (Lipinski definition) is 7. The van der Waals surface area contributed by atoms with E-state index in [4.69, 9.17) is 0 Å². The molecule has 1 fully saturated rings. The Morgan fingerprint density at radius 2 is 1.73 bits per heavy atom. The Morgan fingerprint density at radius 3 is 2.40 bits per heavy atom. The van der Waals surface area contributed by atoms with Crippen LogP contribution in [0.5, 0.6) is 0 Å². The Hall–Kier alpha value is -3.39. The zero-order valence-electron chi connectivity index (χ0n) is 16.9. The summed E-state index contributed by atoms with van der Waals surface area (Å²) in [4.78, 5) is 41.6. The van der Waals surface area contributed by atoms with Crippen molar-refractivity contribution in [3.05, 3.63) is 65.0 Å². The third kappa shape index (κ3) is 4.28. The minimum Gasteiger partial charge on any atom is -0.349 e. The number of nitrogens with zero attached hydrogens (tertiary/aromatic N) is 6. The van der Waals surface area contributed by atoms with E-state index in [1.54, 1.807) is 29.2 Å². The van der Waals surface area contributed by atoms with E-state index in [2.05, 4.69) is 26.9 Å². The number of anilines is 1. The molecule has 2 aromatic heterocycles. The second kappa shape index (κ2) is 8.96. The van der Waals surface area contributed by atoms with Crippen LogP contribution < -0.4 is 10.5 Å². The Bertz CT molecular complexity index is 1060. The van der Waals surface area contributed by atoms with Crippen molar-refractivity contribution in [1.82, 2.24) is 24.4 Å². The fourth-order valence-corrected chi connectivity index (χ4v) is 3.49. The third-order valence-electron chi connectivity index (χ3n) is 5.23. The molecule has 1 aliphatic heterocycles. The highest BCUT2D eigenvalue weighted by Crippen LogP contribution is 2.18. The van der Waals surface area contributed by atoms with Crippen LogP contribution in [-0.2, 0) is 11.2 Å². The van der Waals surface area contributed by atoms with Gasteiger partial charge in [0, 0.05) is 62.4 Å². The van der Waals surface area contributed by atoms with Crippen molar-refractivity contribution in [2.24, 2.45) is 0 Å². The first-order chi connectivity index (χ1) is 14.7. The molecule has 1 aromatic carbocycles. The number of benzene rings is 1. The van der Waals surface area contributed by atoms with E-state index in [1.165, 1.54) is 0 Å². The molecular formula is C22H24N6O2. The molecule has 0 amide bonds. The van der Waals surface area contributed by atoms with E-state index in [1.807, 2.05) is 29.2 Å². The zero-order chi connectivity index (χ0) is 20.9. The molecule has 3 aromatic rings. The monoisotopic (exact) mass is 404 g/mol. The fourth-order valence-electron chi connectivity index (χ4n) is 3.49. The maximum Gasteiger partial charge on any atom is 0.298 e. The van der Waals surface area contributed by atoms with Gasteiger partial charge in [0.2, 0.25) is 0 Å². The molecule has 0 spiro atoms. The van der Waals surface area contributed by atoms with Crippen LogP contribution in [0.25, 0.3) is 17.1 Å². The molecule has 8 heteroatoms. The fraction of sp³-hybridized carbons (Fsp3) is 0.318. The summed E-state index contributed by atoms with van der Waals surface area (Å²) in [5.74, 6) is 1.08. The van der Waals surface area contributed by atoms with E-state index < -0.39 is 0 Å². The van der Waals surface area contributed by atoms with Crippen molar-refractivity contribution in [3.63, 3.8) is 0 Å². The van der Waals surface area contributed by atoms with Crippen LogP contribution in [0, 0.1) is 0 Å². The van der Waals surface area contributed by atoms with Gasteiger partial charge in [0.25, 0.3) is 5.56 Å². The standard InChI is InChI=1S/C22H24N6O2/c1-26-11-13-27(14-12-26)21-22(30)28(16-18(25-21)4-2-15-29)19-7-5-17(6-8-19)20-23-9-3-10-24-20/h3,5-10,15-16H,2,4,11-14H2,1H3. The van der Waals surface area contributed by atoms with E-state index >= 15 is 0 Å². The summed E-state index contributed by atoms with van der Waals surface area (Å²) in [5, 5.41) is 0. The SMILES string of the molecule is CN1CCN(c2nc(CCC=O)cn(-c3ccc(-c4ncccn4)cc3)c2=O)CC1. The maximum atomic E-state index is 13.3. The maximum absolute atomic E-state index is 13.3. The zero-order valence-corrected chi connectivity index (χ0v) is 16.9. The van der Waals surface area contributed by atoms with E-state index in [0.29, 0.717) is 24.5 Å². The summed E-state index contributed by atoms with van der Waals surface area (Å²) in [7, 11) is 2.07. The number of aryl methyl sites for hydroxylation is 1. The number of carbonyl (C=O) groups excluding carboxylic acids is 1. The average molecular weight is 404 g/mol. The molecule has 4 rings (SSSR count). The second-order valence-electron chi connectivity index (χ2n) is 7.35. The van der Waals surface area contributed by atoms with Crippen LogP contribution in [0.4, 0.5) is 5.82 Å². The molecule has 0 radical (unpaired) electrons. The van der Waals surface area contributed by atoms with Crippen LogP contribution in [0.2, 0.25) is 0 Å². The Balaban J connectivity index is 1.71. The smallest absolute Gasteiger partial charge is 0.298 e. The molecule has 0 unspecified atom stereocenters. The Morgan fingerprint density at radius 1 is 1.03 bits per heavy atom. The average Bonchev–Trinajstić information content (AvgIpc) is 2.80. The van der Waals surface area contributed by atoms with Crippen molar-refractivity contribution in [2.45, 2.75) is 12.8 Å². The summed E-state index contributed by atoms with van der Waals surface area (Å²) in [5.41, 5.74) is 2.19. The number of piperazine rings is 1. The summed E-state index contributed by atoms with van der Waals surface area (Å²) >= 11 is 0. The quantitative estimate of drug-likeness (QED) is 0.577. The summed E-state index contributed by atoms with van der Waals surface area (Å²) in [6.45, 7) is 3.26. The minimum absolute atomic E-state index is 0.155. The third-order valence-corrected chi connectivity index (χ3v) is 5.23. The second-order valence-corrected chi connectivity index (χ2v) is 7.35. The van der Waals surface area contributed by atoms with Crippen molar-refractivity contribution < 1.29 is 4.79 Å². The molecule has 0 N–H and O–H groups in total. The van der Waals surface area contributed by atoms with Crippen LogP contribution in [0.1, 0.15) is 12.1 Å². The lowest BCUT2D eigenvalue weighted by atomic mass is 10.2. The van der Waals surface area contributed by atoms with Gasteiger partial charge in [-0.1, -0.05) is 0 Å². The molecule has 0 bridgehead atoms. The first-order valence-electron chi connectivity index (χ1n) is 10.0. The summed E-state index contributed by atoms with van der Waals surface area (Å²) in [6.07, 6.45) is 6.88. The van der Waals surface area contributed by atoms with Gasteiger partial charge in [-0.15, -0.1) is 0 Å². The van der Waals surface area contributed by atoms with Gasteiger partial charge in [-0.2, -0.15) is 0 Å². The normalized spacial score (nSPS) is 14.6. The van der Waals surface area contributed by atoms with Crippen molar-refractivity contribution in [3.8, 4) is 17.1 Å².